The first kappa shape index (κ1) is 16.2. The van der Waals surface area contributed by atoms with Crippen LogP contribution in [0.4, 0.5) is 5.69 Å². The number of thiophene rings is 1. The molecule has 0 fully saturated rings. The van der Waals surface area contributed by atoms with Gasteiger partial charge >= 0.3 is 0 Å². The van der Waals surface area contributed by atoms with Crippen LogP contribution >= 0.6 is 23.1 Å². The van der Waals surface area contributed by atoms with Gasteiger partial charge in [0.05, 0.1) is 5.69 Å². The van der Waals surface area contributed by atoms with E-state index in [1.165, 1.54) is 11.3 Å². The summed E-state index contributed by atoms with van der Waals surface area (Å²) >= 11 is 3.26. The second kappa shape index (κ2) is 6.71. The van der Waals surface area contributed by atoms with Gasteiger partial charge in [0.1, 0.15) is 4.88 Å². The fraction of sp³-hybridized carbons (Fsp3) is 0.438. The van der Waals surface area contributed by atoms with Crippen LogP contribution in [0.3, 0.4) is 0 Å². The summed E-state index contributed by atoms with van der Waals surface area (Å²) in [5.74, 6) is 0.982. The Hall–Kier alpha value is -1.20. The first-order valence-corrected chi connectivity index (χ1v) is 9.25. The molecule has 0 spiro atoms. The molecule has 1 unspecified atom stereocenters. The molecule has 1 heterocycles. The molecule has 3 nitrogen and oxygen atoms in total. The molecule has 1 atom stereocenters. The maximum Gasteiger partial charge on any atom is 0.266 e. The number of carbonyl (C=O) groups is 1. The number of nitrogens with zero attached hydrogens (tertiary/aromatic N) is 1. The van der Waals surface area contributed by atoms with Crippen molar-refractivity contribution >= 4 is 44.8 Å². The number of amides is 1. The lowest BCUT2D eigenvalue weighted by atomic mass is 10.1. The second-order valence-electron chi connectivity index (χ2n) is 5.28. The lowest BCUT2D eigenvalue weighted by Crippen LogP contribution is -2.38. The molecule has 0 aliphatic carbocycles. The minimum Gasteiger partial charge on any atom is -0.397 e. The van der Waals surface area contributed by atoms with Gasteiger partial charge in [-0.15, -0.1) is 11.3 Å². The fourth-order valence-electron chi connectivity index (χ4n) is 2.41. The number of anilines is 1. The van der Waals surface area contributed by atoms with Crippen LogP contribution in [0.5, 0.6) is 0 Å². The van der Waals surface area contributed by atoms with Crippen molar-refractivity contribution in [2.24, 2.45) is 0 Å². The highest BCUT2D eigenvalue weighted by atomic mass is 32.2. The van der Waals surface area contributed by atoms with Crippen molar-refractivity contribution in [2.75, 3.05) is 24.8 Å². The Morgan fingerprint density at radius 3 is 2.81 bits per heavy atom. The summed E-state index contributed by atoms with van der Waals surface area (Å²) in [5, 5.41) is 0.995. The Balaban J connectivity index is 2.37. The number of nitrogens with two attached hydrogens (primary N) is 1. The molecular weight excluding hydrogens is 300 g/mol. The molecule has 2 N–H and O–H groups in total. The predicted molar refractivity (Wildman–Crippen MR) is 95.5 cm³/mol. The molecule has 0 saturated carbocycles. The van der Waals surface area contributed by atoms with E-state index in [1.807, 2.05) is 24.9 Å². The number of carbonyl (C=O) groups excluding carboxylic acids is 1. The molecule has 1 amide bonds. The molecule has 2 aromatic rings. The van der Waals surface area contributed by atoms with Gasteiger partial charge in [0, 0.05) is 28.9 Å². The molecule has 0 bridgehead atoms. The van der Waals surface area contributed by atoms with E-state index in [0.29, 0.717) is 10.6 Å². The van der Waals surface area contributed by atoms with Crippen LogP contribution < -0.4 is 5.73 Å². The summed E-state index contributed by atoms with van der Waals surface area (Å²) < 4.78 is 1.08. The predicted octanol–water partition coefficient (Wildman–Crippen LogP) is 4.01. The summed E-state index contributed by atoms with van der Waals surface area (Å²) in [6.07, 6.45) is 3.02. The van der Waals surface area contributed by atoms with Gasteiger partial charge < -0.3 is 10.6 Å². The number of thioether (sulfide) groups is 1. The van der Waals surface area contributed by atoms with E-state index < -0.39 is 0 Å². The van der Waals surface area contributed by atoms with E-state index in [1.54, 1.807) is 11.8 Å². The summed E-state index contributed by atoms with van der Waals surface area (Å²) in [5.41, 5.74) is 8.00. The molecule has 0 radical (unpaired) electrons. The van der Waals surface area contributed by atoms with Gasteiger partial charge in [-0.25, -0.2) is 0 Å². The summed E-state index contributed by atoms with van der Waals surface area (Å²) in [6.45, 7) is 4.15. The van der Waals surface area contributed by atoms with Crippen molar-refractivity contribution in [2.45, 2.75) is 26.3 Å². The van der Waals surface area contributed by atoms with Crippen molar-refractivity contribution in [3.63, 3.8) is 0 Å². The van der Waals surface area contributed by atoms with Crippen LogP contribution in [0.2, 0.25) is 0 Å². The number of aryl methyl sites for hydroxylation is 1. The minimum absolute atomic E-state index is 0.0345. The van der Waals surface area contributed by atoms with Gasteiger partial charge in [0.2, 0.25) is 0 Å². The first-order valence-electron chi connectivity index (χ1n) is 7.04. The third kappa shape index (κ3) is 3.19. The van der Waals surface area contributed by atoms with Crippen molar-refractivity contribution < 1.29 is 4.79 Å². The average Bonchev–Trinajstić information content (AvgIpc) is 2.80. The molecule has 1 aromatic heterocycles. The van der Waals surface area contributed by atoms with Gasteiger partial charge in [-0.2, -0.15) is 11.8 Å². The average molecular weight is 322 g/mol. The normalized spacial score (nSPS) is 12.6. The molecule has 114 valence electrons. The third-order valence-electron chi connectivity index (χ3n) is 3.77. The molecule has 0 saturated heterocycles. The molecule has 1 aromatic carbocycles. The van der Waals surface area contributed by atoms with Crippen LogP contribution in [0, 0.1) is 6.92 Å². The van der Waals surface area contributed by atoms with E-state index in [2.05, 4.69) is 25.3 Å². The monoisotopic (exact) mass is 322 g/mol. The summed E-state index contributed by atoms with van der Waals surface area (Å²) in [6, 6.07) is 6.40. The highest BCUT2D eigenvalue weighted by Gasteiger charge is 2.24. The largest absolute Gasteiger partial charge is 0.397 e. The summed E-state index contributed by atoms with van der Waals surface area (Å²) in [7, 11) is 1.88. The molecule has 0 aliphatic rings. The van der Waals surface area contributed by atoms with Crippen LogP contribution in [0.1, 0.15) is 28.6 Å². The van der Waals surface area contributed by atoms with E-state index in [-0.39, 0.29) is 11.9 Å². The lowest BCUT2D eigenvalue weighted by Gasteiger charge is -2.26. The number of fused-ring (bicyclic) bond motifs is 1. The Kier molecular flexibility index (Phi) is 5.17. The van der Waals surface area contributed by atoms with Crippen molar-refractivity contribution in [3.8, 4) is 0 Å². The Bertz CT molecular complexity index is 651. The molecule has 21 heavy (non-hydrogen) atoms. The smallest absolute Gasteiger partial charge is 0.266 e. The molecule has 5 heteroatoms. The second-order valence-corrected chi connectivity index (χ2v) is 7.24. The Labute approximate surface area is 134 Å². The topological polar surface area (TPSA) is 46.3 Å². The van der Waals surface area contributed by atoms with Crippen LogP contribution in [0.15, 0.2) is 18.2 Å². The van der Waals surface area contributed by atoms with Crippen LogP contribution in [0.25, 0.3) is 10.1 Å². The van der Waals surface area contributed by atoms with Gasteiger partial charge in [-0.1, -0.05) is 18.6 Å². The zero-order valence-corrected chi connectivity index (χ0v) is 14.6. The molecule has 2 rings (SSSR count). The molecule has 0 aliphatic heterocycles. The maximum absolute atomic E-state index is 12.7. The SMILES string of the molecule is CCC(CSC)N(C)C(=O)c1sc2ccc(C)cc2c1N. The third-order valence-corrected chi connectivity index (χ3v) is 5.67. The van der Waals surface area contributed by atoms with Crippen molar-refractivity contribution in [1.29, 1.82) is 0 Å². The number of rotatable bonds is 5. The first-order chi connectivity index (χ1) is 9.99. The van der Waals surface area contributed by atoms with Gasteiger partial charge in [0.15, 0.2) is 0 Å². The van der Waals surface area contributed by atoms with Crippen LogP contribution in [-0.2, 0) is 0 Å². The Morgan fingerprint density at radius 2 is 2.19 bits per heavy atom. The highest BCUT2D eigenvalue weighted by molar-refractivity contribution is 7.98. The van der Waals surface area contributed by atoms with E-state index in [9.17, 15) is 4.79 Å². The number of benzene rings is 1. The highest BCUT2D eigenvalue weighted by Crippen LogP contribution is 2.35. The van der Waals surface area contributed by atoms with E-state index in [0.717, 1.165) is 27.8 Å². The zero-order chi connectivity index (χ0) is 15.6. The lowest BCUT2D eigenvalue weighted by molar-refractivity contribution is 0.0749. The zero-order valence-electron chi connectivity index (χ0n) is 13.0. The van der Waals surface area contributed by atoms with E-state index in [4.69, 9.17) is 5.73 Å². The minimum atomic E-state index is 0.0345. The van der Waals surface area contributed by atoms with E-state index >= 15 is 0 Å². The fourth-order valence-corrected chi connectivity index (χ4v) is 4.34. The maximum atomic E-state index is 12.7. The van der Waals surface area contributed by atoms with Gasteiger partial charge in [0.25, 0.3) is 5.91 Å². The van der Waals surface area contributed by atoms with Crippen molar-refractivity contribution in [3.05, 3.63) is 28.6 Å². The Morgan fingerprint density at radius 1 is 1.48 bits per heavy atom. The number of nitrogen functional groups attached to an aromatic ring is 1. The van der Waals surface area contributed by atoms with Gasteiger partial charge in [-0.05, 0) is 31.7 Å². The number of hydrogen-bond acceptors (Lipinski definition) is 4. The quantitative estimate of drug-likeness (QED) is 0.905. The molecular formula is C16H22N2OS2. The van der Waals surface area contributed by atoms with Crippen LogP contribution in [-0.4, -0.2) is 35.9 Å². The van der Waals surface area contributed by atoms with Crippen molar-refractivity contribution in [1.82, 2.24) is 4.90 Å². The number of hydrogen-bond donors (Lipinski definition) is 1. The summed E-state index contributed by atoms with van der Waals surface area (Å²) in [4.78, 5) is 15.2. The standard InChI is InChI=1S/C16H22N2OS2/c1-5-11(9-20-4)18(3)16(19)15-14(17)12-8-10(2)6-7-13(12)21-15/h6-8,11H,5,9,17H2,1-4H3. The van der Waals surface area contributed by atoms with Gasteiger partial charge in [-0.3, -0.25) is 4.79 Å².